The summed E-state index contributed by atoms with van der Waals surface area (Å²) in [4.78, 5) is 17.9. The Bertz CT molecular complexity index is 647. The number of halogens is 1. The van der Waals surface area contributed by atoms with Gasteiger partial charge in [0.15, 0.2) is 0 Å². The standard InChI is InChI=1S/C13H15ClN4O2S/c1-3-15-12-6-9(18(19)20)7-13(16-12)17(2)8-10-4-5-11(14)21-10/h4-7H,3,8H2,1-2H3,(H,15,16). The summed E-state index contributed by atoms with van der Waals surface area (Å²) in [5, 5.41) is 14.0. The van der Waals surface area contributed by atoms with Crippen molar-refractivity contribution >= 4 is 40.3 Å². The molecule has 0 atom stereocenters. The number of nitrogens with zero attached hydrogens (tertiary/aromatic N) is 3. The molecule has 0 bridgehead atoms. The molecule has 2 heterocycles. The molecule has 0 fully saturated rings. The second-order valence-corrected chi connectivity index (χ2v) is 6.22. The van der Waals surface area contributed by atoms with E-state index in [-0.39, 0.29) is 5.69 Å². The summed E-state index contributed by atoms with van der Waals surface area (Å²) in [6.45, 7) is 3.16. The third-order valence-electron chi connectivity index (χ3n) is 2.78. The Labute approximate surface area is 131 Å². The van der Waals surface area contributed by atoms with Gasteiger partial charge in [0.25, 0.3) is 5.69 Å². The van der Waals surface area contributed by atoms with Crippen LogP contribution in [-0.2, 0) is 6.54 Å². The van der Waals surface area contributed by atoms with E-state index in [1.807, 2.05) is 31.0 Å². The molecule has 0 saturated heterocycles. The molecule has 1 N–H and O–H groups in total. The first kappa shape index (κ1) is 15.5. The zero-order chi connectivity index (χ0) is 15.4. The number of nitro groups is 1. The first-order chi connectivity index (χ1) is 9.99. The van der Waals surface area contributed by atoms with Crippen molar-refractivity contribution in [3.63, 3.8) is 0 Å². The molecule has 0 aliphatic carbocycles. The molecule has 2 rings (SSSR count). The number of hydrogen-bond donors (Lipinski definition) is 1. The molecule has 2 aromatic heterocycles. The van der Waals surface area contributed by atoms with Gasteiger partial charge in [-0.2, -0.15) is 0 Å². The van der Waals surface area contributed by atoms with Gasteiger partial charge < -0.3 is 10.2 Å². The van der Waals surface area contributed by atoms with E-state index in [0.29, 0.717) is 24.7 Å². The largest absolute Gasteiger partial charge is 0.370 e. The molecule has 0 unspecified atom stereocenters. The summed E-state index contributed by atoms with van der Waals surface area (Å²) in [5.74, 6) is 1.04. The smallest absolute Gasteiger partial charge is 0.276 e. The first-order valence-electron chi connectivity index (χ1n) is 6.35. The Morgan fingerprint density at radius 1 is 1.48 bits per heavy atom. The van der Waals surface area contributed by atoms with Gasteiger partial charge in [-0.3, -0.25) is 10.1 Å². The quantitative estimate of drug-likeness (QED) is 0.646. The number of nitrogens with one attached hydrogen (secondary N) is 1. The van der Waals surface area contributed by atoms with Crippen molar-refractivity contribution in [1.29, 1.82) is 0 Å². The van der Waals surface area contributed by atoms with E-state index in [2.05, 4.69) is 10.3 Å². The molecule has 21 heavy (non-hydrogen) atoms. The topological polar surface area (TPSA) is 71.3 Å². The molecule has 0 radical (unpaired) electrons. The average Bonchev–Trinajstić information content (AvgIpc) is 2.84. The molecular formula is C13H15ClN4O2S. The maximum atomic E-state index is 11.0. The molecule has 0 aliphatic heterocycles. The number of hydrogen-bond acceptors (Lipinski definition) is 6. The summed E-state index contributed by atoms with van der Waals surface area (Å²) in [5.41, 5.74) is 0.0204. The van der Waals surface area contributed by atoms with Gasteiger partial charge in [0.1, 0.15) is 11.6 Å². The third-order valence-corrected chi connectivity index (χ3v) is 3.99. The van der Waals surface area contributed by atoms with E-state index in [9.17, 15) is 10.1 Å². The van der Waals surface area contributed by atoms with Crippen LogP contribution >= 0.6 is 22.9 Å². The zero-order valence-corrected chi connectivity index (χ0v) is 13.2. The Balaban J connectivity index is 2.26. The van der Waals surface area contributed by atoms with Crippen molar-refractivity contribution in [1.82, 2.24) is 4.98 Å². The van der Waals surface area contributed by atoms with Gasteiger partial charge in [0.2, 0.25) is 0 Å². The minimum absolute atomic E-state index is 0.0204. The van der Waals surface area contributed by atoms with Crippen LogP contribution < -0.4 is 10.2 Å². The zero-order valence-electron chi connectivity index (χ0n) is 11.7. The number of rotatable bonds is 6. The molecule has 2 aromatic rings. The lowest BCUT2D eigenvalue weighted by atomic mass is 10.3. The lowest BCUT2D eigenvalue weighted by Crippen LogP contribution is -2.18. The molecule has 6 nitrogen and oxygen atoms in total. The Morgan fingerprint density at radius 3 is 2.81 bits per heavy atom. The summed E-state index contributed by atoms with van der Waals surface area (Å²) >= 11 is 7.39. The summed E-state index contributed by atoms with van der Waals surface area (Å²) in [7, 11) is 1.84. The van der Waals surface area contributed by atoms with Crippen molar-refractivity contribution in [2.24, 2.45) is 0 Å². The van der Waals surface area contributed by atoms with Crippen molar-refractivity contribution in [3.05, 3.63) is 43.6 Å². The van der Waals surface area contributed by atoms with Gasteiger partial charge in [-0.1, -0.05) is 11.6 Å². The van der Waals surface area contributed by atoms with Crippen LogP contribution in [0, 0.1) is 10.1 Å². The molecule has 0 aliphatic rings. The molecule has 0 aromatic carbocycles. The average molecular weight is 327 g/mol. The van der Waals surface area contributed by atoms with Gasteiger partial charge >= 0.3 is 0 Å². The maximum absolute atomic E-state index is 11.0. The van der Waals surface area contributed by atoms with Crippen LogP contribution in [-0.4, -0.2) is 23.5 Å². The van der Waals surface area contributed by atoms with Crippen LogP contribution in [0.4, 0.5) is 17.3 Å². The van der Waals surface area contributed by atoms with E-state index >= 15 is 0 Å². The highest BCUT2D eigenvalue weighted by Gasteiger charge is 2.14. The fourth-order valence-electron chi connectivity index (χ4n) is 1.83. The second-order valence-electron chi connectivity index (χ2n) is 4.42. The Hall–Kier alpha value is -1.86. The van der Waals surface area contributed by atoms with Crippen molar-refractivity contribution < 1.29 is 4.92 Å². The van der Waals surface area contributed by atoms with Crippen LogP contribution in [0.15, 0.2) is 24.3 Å². The number of pyridine rings is 1. The van der Waals surface area contributed by atoms with Gasteiger partial charge in [-0.25, -0.2) is 4.98 Å². The SMILES string of the molecule is CCNc1cc([N+](=O)[O-])cc(N(C)Cc2ccc(Cl)s2)n1. The van der Waals surface area contributed by atoms with Gasteiger partial charge in [-0.15, -0.1) is 11.3 Å². The number of thiophene rings is 1. The molecule has 0 saturated carbocycles. The third kappa shape index (κ3) is 4.05. The summed E-state index contributed by atoms with van der Waals surface area (Å²) in [6, 6.07) is 6.67. The van der Waals surface area contributed by atoms with E-state index in [4.69, 9.17) is 11.6 Å². The predicted octanol–water partition coefficient (Wildman–Crippen LogP) is 3.77. The monoisotopic (exact) mass is 326 g/mol. The van der Waals surface area contributed by atoms with Crippen molar-refractivity contribution in [2.75, 3.05) is 23.8 Å². The van der Waals surface area contributed by atoms with E-state index < -0.39 is 4.92 Å². The highest BCUT2D eigenvalue weighted by atomic mass is 35.5. The number of anilines is 2. The Morgan fingerprint density at radius 2 is 2.24 bits per heavy atom. The van der Waals surface area contributed by atoms with Gasteiger partial charge in [0, 0.05) is 18.5 Å². The van der Waals surface area contributed by atoms with Crippen LogP contribution in [0.5, 0.6) is 0 Å². The minimum Gasteiger partial charge on any atom is -0.370 e. The fourth-order valence-corrected chi connectivity index (χ4v) is 2.97. The normalized spacial score (nSPS) is 10.4. The lowest BCUT2D eigenvalue weighted by molar-refractivity contribution is -0.384. The van der Waals surface area contributed by atoms with Crippen molar-refractivity contribution in [3.8, 4) is 0 Å². The molecule has 8 heteroatoms. The van der Waals surface area contributed by atoms with E-state index in [0.717, 1.165) is 9.21 Å². The molecule has 0 spiro atoms. The predicted molar refractivity (Wildman–Crippen MR) is 86.5 cm³/mol. The van der Waals surface area contributed by atoms with Gasteiger partial charge in [-0.05, 0) is 19.1 Å². The molecular weight excluding hydrogens is 312 g/mol. The highest BCUT2D eigenvalue weighted by Crippen LogP contribution is 2.26. The highest BCUT2D eigenvalue weighted by molar-refractivity contribution is 7.16. The summed E-state index contributed by atoms with van der Waals surface area (Å²) < 4.78 is 0.721. The fraction of sp³-hybridized carbons (Fsp3) is 0.308. The lowest BCUT2D eigenvalue weighted by Gasteiger charge is -2.18. The van der Waals surface area contributed by atoms with Gasteiger partial charge in [0.05, 0.1) is 27.9 Å². The van der Waals surface area contributed by atoms with Crippen LogP contribution in [0.1, 0.15) is 11.8 Å². The molecule has 0 amide bonds. The van der Waals surface area contributed by atoms with Crippen LogP contribution in [0.3, 0.4) is 0 Å². The Kier molecular flexibility index (Phi) is 4.98. The first-order valence-corrected chi connectivity index (χ1v) is 7.54. The second kappa shape index (κ2) is 6.73. The van der Waals surface area contributed by atoms with E-state index in [1.54, 1.807) is 0 Å². The molecule has 112 valence electrons. The van der Waals surface area contributed by atoms with Crippen LogP contribution in [0.2, 0.25) is 4.34 Å². The van der Waals surface area contributed by atoms with E-state index in [1.165, 1.54) is 23.5 Å². The van der Waals surface area contributed by atoms with Crippen molar-refractivity contribution in [2.45, 2.75) is 13.5 Å². The number of aromatic nitrogens is 1. The minimum atomic E-state index is -0.415. The maximum Gasteiger partial charge on any atom is 0.276 e. The van der Waals surface area contributed by atoms with Crippen LogP contribution in [0.25, 0.3) is 0 Å². The summed E-state index contributed by atoms with van der Waals surface area (Å²) in [6.07, 6.45) is 0.